The number of methoxy groups -OCH3 is 2. The first-order valence-corrected chi connectivity index (χ1v) is 8.04. The van der Waals surface area contributed by atoms with Crippen molar-refractivity contribution in [2.24, 2.45) is 0 Å². The predicted molar refractivity (Wildman–Crippen MR) is 97.8 cm³/mol. The van der Waals surface area contributed by atoms with Crippen LogP contribution in [-0.4, -0.2) is 38.7 Å². The van der Waals surface area contributed by atoms with E-state index in [1.54, 1.807) is 48.5 Å². The van der Waals surface area contributed by atoms with Gasteiger partial charge in [-0.1, -0.05) is 24.3 Å². The molecule has 2 rings (SSSR count). The number of anilines is 1. The highest BCUT2D eigenvalue weighted by molar-refractivity contribution is 6.01. The Kier molecular flexibility index (Phi) is 7.18. The lowest BCUT2D eigenvalue weighted by atomic mass is 10.1. The third-order valence-corrected chi connectivity index (χ3v) is 3.48. The highest BCUT2D eigenvalue weighted by Gasteiger charge is 2.14. The van der Waals surface area contributed by atoms with Crippen molar-refractivity contribution in [2.75, 3.05) is 26.1 Å². The fourth-order valence-electron chi connectivity index (χ4n) is 2.20. The summed E-state index contributed by atoms with van der Waals surface area (Å²) < 4.78 is 15.2. The largest absolute Gasteiger partial charge is 0.497 e. The van der Waals surface area contributed by atoms with Gasteiger partial charge in [-0.25, -0.2) is 4.79 Å². The Morgan fingerprint density at radius 1 is 0.963 bits per heavy atom. The van der Waals surface area contributed by atoms with E-state index < -0.39 is 24.5 Å². The zero-order chi connectivity index (χ0) is 19.6. The minimum atomic E-state index is -0.738. The second-order valence-electron chi connectivity index (χ2n) is 5.38. The van der Waals surface area contributed by atoms with Crippen molar-refractivity contribution in [3.8, 4) is 11.5 Å². The summed E-state index contributed by atoms with van der Waals surface area (Å²) in [4.78, 5) is 35.3. The number of nitrogens with one attached hydrogen (secondary N) is 2. The molecule has 2 aromatic carbocycles. The molecule has 0 bridgehead atoms. The average molecular weight is 372 g/mol. The monoisotopic (exact) mass is 372 g/mol. The van der Waals surface area contributed by atoms with Gasteiger partial charge in [-0.2, -0.15) is 0 Å². The van der Waals surface area contributed by atoms with E-state index in [1.807, 2.05) is 0 Å². The number of hydrogen-bond donors (Lipinski definition) is 2. The number of para-hydroxylation sites is 1. The maximum Gasteiger partial charge on any atom is 0.325 e. The standard InChI is InChI=1S/C19H20N2O6/c1-25-15-9-8-13(16(11-15)26-2)10-18(23)27-12-17(22)21-19(24)20-14-6-4-3-5-7-14/h3-9,11H,10,12H2,1-2H3,(H2,20,21,22,24). The number of carbonyl (C=O) groups is 3. The molecule has 0 aliphatic rings. The number of hydrogen-bond acceptors (Lipinski definition) is 6. The van der Waals surface area contributed by atoms with Crippen LogP contribution in [0, 0.1) is 0 Å². The lowest BCUT2D eigenvalue weighted by molar-refractivity contribution is -0.147. The number of carbonyl (C=O) groups excluding carboxylic acids is 3. The number of esters is 1. The van der Waals surface area contributed by atoms with E-state index >= 15 is 0 Å². The molecule has 0 spiro atoms. The lowest BCUT2D eigenvalue weighted by Crippen LogP contribution is -2.37. The average Bonchev–Trinajstić information content (AvgIpc) is 2.67. The number of benzene rings is 2. The fourth-order valence-corrected chi connectivity index (χ4v) is 2.20. The van der Waals surface area contributed by atoms with Crippen LogP contribution in [0.3, 0.4) is 0 Å². The Morgan fingerprint density at radius 3 is 2.37 bits per heavy atom. The van der Waals surface area contributed by atoms with E-state index in [2.05, 4.69) is 10.6 Å². The molecule has 0 aromatic heterocycles. The summed E-state index contributed by atoms with van der Waals surface area (Å²) in [5, 5.41) is 4.56. The molecule has 27 heavy (non-hydrogen) atoms. The van der Waals surface area contributed by atoms with E-state index in [0.29, 0.717) is 22.7 Å². The molecule has 0 heterocycles. The third kappa shape index (κ3) is 6.35. The van der Waals surface area contributed by atoms with E-state index in [9.17, 15) is 14.4 Å². The Balaban J connectivity index is 1.79. The molecule has 3 amide bonds. The van der Waals surface area contributed by atoms with Crippen molar-refractivity contribution >= 4 is 23.6 Å². The summed E-state index contributed by atoms with van der Waals surface area (Å²) in [7, 11) is 3.00. The van der Waals surface area contributed by atoms with Crippen LogP contribution in [0.25, 0.3) is 0 Å². The third-order valence-electron chi connectivity index (χ3n) is 3.48. The summed E-state index contributed by atoms with van der Waals surface area (Å²) in [5.74, 6) is -0.304. The highest BCUT2D eigenvalue weighted by Crippen LogP contribution is 2.25. The molecule has 0 aliphatic carbocycles. The number of rotatable bonds is 7. The van der Waals surface area contributed by atoms with Gasteiger partial charge in [-0.05, 0) is 18.2 Å². The van der Waals surface area contributed by atoms with Gasteiger partial charge in [0.15, 0.2) is 6.61 Å². The first-order chi connectivity index (χ1) is 13.0. The smallest absolute Gasteiger partial charge is 0.325 e. The van der Waals surface area contributed by atoms with Crippen molar-refractivity contribution in [1.82, 2.24) is 5.32 Å². The molecule has 8 heteroatoms. The Bertz CT molecular complexity index is 807. The van der Waals surface area contributed by atoms with Gasteiger partial charge in [-0.3, -0.25) is 14.9 Å². The molecule has 0 fully saturated rings. The Hall–Kier alpha value is -3.55. The van der Waals surface area contributed by atoms with Gasteiger partial charge >= 0.3 is 12.0 Å². The second kappa shape index (κ2) is 9.81. The van der Waals surface area contributed by atoms with Gasteiger partial charge in [-0.15, -0.1) is 0 Å². The lowest BCUT2D eigenvalue weighted by Gasteiger charge is -2.10. The number of ether oxygens (including phenoxy) is 3. The van der Waals surface area contributed by atoms with Crippen LogP contribution in [0.15, 0.2) is 48.5 Å². The van der Waals surface area contributed by atoms with Gasteiger partial charge in [0.25, 0.3) is 5.91 Å². The number of urea groups is 1. The molecule has 2 N–H and O–H groups in total. The SMILES string of the molecule is COc1ccc(CC(=O)OCC(=O)NC(=O)Nc2ccccc2)c(OC)c1. The number of imide groups is 1. The van der Waals surface area contributed by atoms with Crippen LogP contribution in [0.1, 0.15) is 5.56 Å². The van der Waals surface area contributed by atoms with Gasteiger partial charge in [0.1, 0.15) is 11.5 Å². The van der Waals surface area contributed by atoms with Crippen LogP contribution in [-0.2, 0) is 20.7 Å². The summed E-state index contributed by atoms with van der Waals surface area (Å²) >= 11 is 0. The minimum absolute atomic E-state index is 0.0866. The molecular formula is C19H20N2O6. The Labute approximate surface area is 156 Å². The van der Waals surface area contributed by atoms with E-state index in [1.165, 1.54) is 14.2 Å². The molecule has 0 aliphatic heterocycles. The Morgan fingerprint density at radius 2 is 1.70 bits per heavy atom. The molecule has 0 saturated carbocycles. The van der Waals surface area contributed by atoms with E-state index in [4.69, 9.17) is 14.2 Å². The van der Waals surface area contributed by atoms with E-state index in [0.717, 1.165) is 0 Å². The second-order valence-corrected chi connectivity index (χ2v) is 5.38. The maximum atomic E-state index is 11.9. The summed E-state index contributed by atoms with van der Waals surface area (Å²) in [6, 6.07) is 12.9. The van der Waals surface area contributed by atoms with Crippen LogP contribution >= 0.6 is 0 Å². The van der Waals surface area contributed by atoms with Crippen molar-refractivity contribution in [1.29, 1.82) is 0 Å². The molecular weight excluding hydrogens is 352 g/mol. The zero-order valence-corrected chi connectivity index (χ0v) is 15.0. The van der Waals surface area contributed by atoms with Crippen molar-refractivity contribution in [3.05, 3.63) is 54.1 Å². The first kappa shape index (κ1) is 19.8. The maximum absolute atomic E-state index is 11.9. The summed E-state index contributed by atoms with van der Waals surface area (Å²) in [6.07, 6.45) is -0.0866. The van der Waals surface area contributed by atoms with Crippen LogP contribution in [0.4, 0.5) is 10.5 Å². The predicted octanol–water partition coefficient (Wildman–Crippen LogP) is 2.14. The number of amides is 3. The van der Waals surface area contributed by atoms with Crippen LogP contribution in [0.2, 0.25) is 0 Å². The highest BCUT2D eigenvalue weighted by atomic mass is 16.5. The zero-order valence-electron chi connectivity index (χ0n) is 15.0. The fraction of sp³-hybridized carbons (Fsp3) is 0.211. The van der Waals surface area contributed by atoms with Gasteiger partial charge in [0.2, 0.25) is 0 Å². The van der Waals surface area contributed by atoms with E-state index in [-0.39, 0.29) is 6.42 Å². The van der Waals surface area contributed by atoms with Crippen LogP contribution in [0.5, 0.6) is 11.5 Å². The van der Waals surface area contributed by atoms with Gasteiger partial charge < -0.3 is 19.5 Å². The normalized spacial score (nSPS) is 9.85. The molecule has 0 unspecified atom stereocenters. The molecule has 2 aromatic rings. The summed E-state index contributed by atoms with van der Waals surface area (Å²) in [6.45, 7) is -0.570. The van der Waals surface area contributed by atoms with Gasteiger partial charge in [0.05, 0.1) is 20.6 Å². The molecule has 142 valence electrons. The minimum Gasteiger partial charge on any atom is -0.497 e. The quantitative estimate of drug-likeness (QED) is 0.722. The van der Waals surface area contributed by atoms with Gasteiger partial charge in [0, 0.05) is 17.3 Å². The summed E-state index contributed by atoms with van der Waals surface area (Å²) in [5.41, 5.74) is 1.12. The van der Waals surface area contributed by atoms with Crippen molar-refractivity contribution < 1.29 is 28.6 Å². The topological polar surface area (TPSA) is 103 Å². The molecule has 0 radical (unpaired) electrons. The molecule has 0 saturated heterocycles. The van der Waals surface area contributed by atoms with Crippen molar-refractivity contribution in [3.63, 3.8) is 0 Å². The first-order valence-electron chi connectivity index (χ1n) is 8.04. The molecule has 8 nitrogen and oxygen atoms in total. The van der Waals surface area contributed by atoms with Crippen LogP contribution < -0.4 is 20.1 Å². The van der Waals surface area contributed by atoms with Crippen molar-refractivity contribution in [2.45, 2.75) is 6.42 Å². The molecule has 0 atom stereocenters.